The molecule has 0 aromatic heterocycles. The Balaban J connectivity index is 1.79. The second kappa shape index (κ2) is 6.17. The Morgan fingerprint density at radius 3 is 2.52 bits per heavy atom. The average molecular weight is 298 g/mol. The van der Waals surface area contributed by atoms with Crippen LogP contribution in [0.15, 0.2) is 18.2 Å². The number of nitrogens with one attached hydrogen (secondary N) is 2. The molecule has 1 aromatic rings. The first kappa shape index (κ1) is 15.4. The van der Waals surface area contributed by atoms with E-state index in [4.69, 9.17) is 5.11 Å². The molecule has 1 aromatic carbocycles. The Labute approximate surface area is 120 Å². The molecule has 0 unspecified atom stereocenters. The number of aliphatic hydroxyl groups is 1. The molecule has 1 aliphatic rings. The van der Waals surface area contributed by atoms with Crippen molar-refractivity contribution < 1.29 is 23.5 Å². The van der Waals surface area contributed by atoms with E-state index in [1.807, 2.05) is 0 Å². The summed E-state index contributed by atoms with van der Waals surface area (Å²) in [6.45, 7) is 0.0563. The molecule has 0 atom stereocenters. The lowest BCUT2D eigenvalue weighted by atomic mass is 10.1. The summed E-state index contributed by atoms with van der Waals surface area (Å²) in [6.07, 6.45) is 1.72. The highest BCUT2D eigenvalue weighted by atomic mass is 19.1. The largest absolute Gasteiger partial charge is 0.396 e. The van der Waals surface area contributed by atoms with Crippen LogP contribution >= 0.6 is 0 Å². The zero-order chi connectivity index (χ0) is 15.5. The maximum Gasteiger partial charge on any atom is 0.254 e. The molecule has 0 bridgehead atoms. The van der Waals surface area contributed by atoms with E-state index in [0.29, 0.717) is 12.6 Å². The number of amides is 2. The topological polar surface area (TPSA) is 78.4 Å². The Kier molecular flexibility index (Phi) is 4.52. The molecular weight excluding hydrogens is 282 g/mol. The van der Waals surface area contributed by atoms with Crippen LogP contribution in [0, 0.1) is 17.0 Å². The molecule has 3 N–H and O–H groups in total. The van der Waals surface area contributed by atoms with Gasteiger partial charge in [0.15, 0.2) is 0 Å². The van der Waals surface area contributed by atoms with Crippen molar-refractivity contribution in [2.75, 3.05) is 19.7 Å². The summed E-state index contributed by atoms with van der Waals surface area (Å²) in [6, 6.07) is 2.59. The monoisotopic (exact) mass is 298 g/mol. The zero-order valence-corrected chi connectivity index (χ0v) is 11.3. The minimum atomic E-state index is -0.981. The van der Waals surface area contributed by atoms with Gasteiger partial charge in [-0.2, -0.15) is 0 Å². The SMILES string of the molecule is O=C(CNC(=O)c1ccc(F)cc1F)NCC1(CO)CC1. The van der Waals surface area contributed by atoms with Gasteiger partial charge >= 0.3 is 0 Å². The van der Waals surface area contributed by atoms with Crippen molar-refractivity contribution in [1.29, 1.82) is 0 Å². The van der Waals surface area contributed by atoms with Crippen LogP contribution in [-0.2, 0) is 4.79 Å². The molecule has 0 heterocycles. The fourth-order valence-corrected chi connectivity index (χ4v) is 1.85. The summed E-state index contributed by atoms with van der Waals surface area (Å²) < 4.78 is 26.1. The molecule has 1 fully saturated rings. The Morgan fingerprint density at radius 1 is 1.24 bits per heavy atom. The van der Waals surface area contributed by atoms with Crippen LogP contribution < -0.4 is 10.6 Å². The van der Waals surface area contributed by atoms with Crippen LogP contribution in [0.2, 0.25) is 0 Å². The summed E-state index contributed by atoms with van der Waals surface area (Å²) in [5, 5.41) is 14.0. The van der Waals surface area contributed by atoms with E-state index in [2.05, 4.69) is 10.6 Å². The third-order valence-electron chi connectivity index (χ3n) is 3.54. The van der Waals surface area contributed by atoms with Crippen molar-refractivity contribution in [2.24, 2.45) is 5.41 Å². The average Bonchev–Trinajstić information content (AvgIpc) is 3.23. The summed E-state index contributed by atoms with van der Waals surface area (Å²) in [5.74, 6) is -2.97. The number of halogens is 2. The molecule has 2 rings (SSSR count). The zero-order valence-electron chi connectivity index (χ0n) is 11.3. The molecule has 7 heteroatoms. The molecule has 0 spiro atoms. The van der Waals surface area contributed by atoms with Gasteiger partial charge in [-0.3, -0.25) is 9.59 Å². The molecule has 0 saturated heterocycles. The maximum atomic E-state index is 13.4. The van der Waals surface area contributed by atoms with Crippen molar-refractivity contribution in [2.45, 2.75) is 12.8 Å². The predicted octanol–water partition coefficient (Wildman–Crippen LogP) is 0.583. The second-order valence-electron chi connectivity index (χ2n) is 5.24. The van der Waals surface area contributed by atoms with Crippen LogP contribution in [0.3, 0.4) is 0 Å². The Hall–Kier alpha value is -2.02. The van der Waals surface area contributed by atoms with E-state index >= 15 is 0 Å². The molecule has 5 nitrogen and oxygen atoms in total. The highest BCUT2D eigenvalue weighted by Gasteiger charge is 2.41. The number of carbonyl (C=O) groups is 2. The third-order valence-corrected chi connectivity index (χ3v) is 3.54. The number of rotatable bonds is 6. The highest BCUT2D eigenvalue weighted by molar-refractivity contribution is 5.96. The quantitative estimate of drug-likeness (QED) is 0.719. The van der Waals surface area contributed by atoms with Crippen molar-refractivity contribution in [3.8, 4) is 0 Å². The minimum Gasteiger partial charge on any atom is -0.396 e. The minimum absolute atomic E-state index is 0.0143. The van der Waals surface area contributed by atoms with E-state index in [0.717, 1.165) is 25.0 Å². The Bertz CT molecular complexity index is 559. The lowest BCUT2D eigenvalue weighted by molar-refractivity contribution is -0.120. The van der Waals surface area contributed by atoms with Gasteiger partial charge in [-0.1, -0.05) is 0 Å². The summed E-state index contributed by atoms with van der Waals surface area (Å²) in [5.41, 5.74) is -0.541. The smallest absolute Gasteiger partial charge is 0.254 e. The standard InChI is InChI=1S/C14H16F2N2O3/c15-9-1-2-10(11(16)5-9)13(21)17-6-12(20)18-7-14(8-19)3-4-14/h1-2,5,19H,3-4,6-8H2,(H,17,21)(H,18,20). The van der Waals surface area contributed by atoms with E-state index < -0.39 is 23.4 Å². The molecule has 114 valence electrons. The fraction of sp³-hybridized carbons (Fsp3) is 0.429. The van der Waals surface area contributed by atoms with Gasteiger partial charge < -0.3 is 15.7 Å². The van der Waals surface area contributed by atoms with Gasteiger partial charge in [0, 0.05) is 18.0 Å². The summed E-state index contributed by atoms with van der Waals surface area (Å²) in [7, 11) is 0. The summed E-state index contributed by atoms with van der Waals surface area (Å²) >= 11 is 0. The van der Waals surface area contributed by atoms with Gasteiger partial charge in [-0.15, -0.1) is 0 Å². The van der Waals surface area contributed by atoms with Gasteiger partial charge in [-0.05, 0) is 25.0 Å². The van der Waals surface area contributed by atoms with Crippen LogP contribution in [-0.4, -0.2) is 36.6 Å². The number of carbonyl (C=O) groups excluding carboxylic acids is 2. The van der Waals surface area contributed by atoms with E-state index in [1.165, 1.54) is 0 Å². The van der Waals surface area contributed by atoms with Crippen molar-refractivity contribution >= 4 is 11.8 Å². The third kappa shape index (κ3) is 3.98. The van der Waals surface area contributed by atoms with Gasteiger partial charge in [0.25, 0.3) is 5.91 Å². The van der Waals surface area contributed by atoms with E-state index in [9.17, 15) is 18.4 Å². The lowest BCUT2D eigenvalue weighted by Crippen LogP contribution is -2.40. The van der Waals surface area contributed by atoms with Crippen LogP contribution in [0.5, 0.6) is 0 Å². The highest BCUT2D eigenvalue weighted by Crippen LogP contribution is 2.44. The first-order valence-electron chi connectivity index (χ1n) is 6.57. The van der Waals surface area contributed by atoms with Gasteiger partial charge in [0.1, 0.15) is 11.6 Å². The lowest BCUT2D eigenvalue weighted by Gasteiger charge is -2.13. The fourth-order valence-electron chi connectivity index (χ4n) is 1.85. The molecular formula is C14H16F2N2O3. The van der Waals surface area contributed by atoms with E-state index in [1.54, 1.807) is 0 Å². The molecule has 1 aliphatic carbocycles. The second-order valence-corrected chi connectivity index (χ2v) is 5.24. The van der Waals surface area contributed by atoms with Gasteiger partial charge in [0.05, 0.1) is 18.7 Å². The van der Waals surface area contributed by atoms with Crippen molar-refractivity contribution in [3.05, 3.63) is 35.4 Å². The van der Waals surface area contributed by atoms with Crippen LogP contribution in [0.4, 0.5) is 8.78 Å². The number of hydrogen-bond acceptors (Lipinski definition) is 3. The molecule has 21 heavy (non-hydrogen) atoms. The normalized spacial score (nSPS) is 15.4. The van der Waals surface area contributed by atoms with Crippen molar-refractivity contribution in [3.63, 3.8) is 0 Å². The first-order valence-corrected chi connectivity index (χ1v) is 6.57. The van der Waals surface area contributed by atoms with Crippen LogP contribution in [0.1, 0.15) is 23.2 Å². The van der Waals surface area contributed by atoms with Gasteiger partial charge in [0.2, 0.25) is 5.91 Å². The molecule has 2 amide bonds. The molecule has 0 aliphatic heterocycles. The number of aliphatic hydroxyl groups excluding tert-OH is 1. The predicted molar refractivity (Wildman–Crippen MR) is 70.5 cm³/mol. The van der Waals surface area contributed by atoms with E-state index in [-0.39, 0.29) is 24.1 Å². The summed E-state index contributed by atoms with van der Waals surface area (Å²) in [4.78, 5) is 23.2. The molecule has 0 radical (unpaired) electrons. The van der Waals surface area contributed by atoms with Gasteiger partial charge in [-0.25, -0.2) is 8.78 Å². The number of hydrogen-bond donors (Lipinski definition) is 3. The van der Waals surface area contributed by atoms with Crippen molar-refractivity contribution in [1.82, 2.24) is 10.6 Å². The first-order chi connectivity index (χ1) is 9.96. The number of benzene rings is 1. The Morgan fingerprint density at radius 2 is 1.95 bits per heavy atom. The maximum absolute atomic E-state index is 13.4. The van der Waals surface area contributed by atoms with Crippen LogP contribution in [0.25, 0.3) is 0 Å². The molecule has 1 saturated carbocycles.